The molecule has 0 aliphatic rings. The number of aryl methyl sites for hydroxylation is 1. The molecule has 2 rings (SSSR count). The maximum Gasteiger partial charge on any atom is 0.164 e. The van der Waals surface area contributed by atoms with Crippen LogP contribution in [0.5, 0.6) is 11.5 Å². The van der Waals surface area contributed by atoms with Crippen molar-refractivity contribution in [1.82, 2.24) is 4.98 Å². The second-order valence-electron chi connectivity index (χ2n) is 5.17. The molecule has 0 bridgehead atoms. The smallest absolute Gasteiger partial charge is 0.164 e. The highest BCUT2D eigenvalue weighted by Crippen LogP contribution is 2.23. The Morgan fingerprint density at radius 3 is 2.68 bits per heavy atom. The maximum absolute atomic E-state index is 9.41. The van der Waals surface area contributed by atoms with Gasteiger partial charge in [0.25, 0.3) is 0 Å². The van der Waals surface area contributed by atoms with E-state index in [1.165, 1.54) is 0 Å². The Morgan fingerprint density at radius 1 is 1.24 bits per heavy atom. The van der Waals surface area contributed by atoms with E-state index < -0.39 is 0 Å². The molecule has 0 spiro atoms. The number of anilines is 1. The van der Waals surface area contributed by atoms with E-state index in [1.807, 2.05) is 13.0 Å². The van der Waals surface area contributed by atoms with Crippen molar-refractivity contribution in [3.8, 4) is 17.6 Å². The third-order valence-electron chi connectivity index (χ3n) is 3.45. The minimum absolute atomic E-state index is 0.328. The summed E-state index contributed by atoms with van der Waals surface area (Å²) in [4.78, 5) is 4.34. The zero-order chi connectivity index (χ0) is 18.2. The van der Waals surface area contributed by atoms with E-state index >= 15 is 0 Å². The summed E-state index contributed by atoms with van der Waals surface area (Å²) in [6.45, 7) is 2.18. The predicted molar refractivity (Wildman–Crippen MR) is 95.2 cm³/mol. The first-order chi connectivity index (χ1) is 12.1. The number of ether oxygens (including phenoxy) is 3. The van der Waals surface area contributed by atoms with Crippen molar-refractivity contribution in [3.63, 3.8) is 0 Å². The number of benzene rings is 1. The number of nitriles is 1. The van der Waals surface area contributed by atoms with Gasteiger partial charge in [-0.1, -0.05) is 0 Å². The molecule has 0 saturated heterocycles. The number of pyridine rings is 1. The highest BCUT2D eigenvalue weighted by Gasteiger charge is 2.11. The third kappa shape index (κ3) is 4.46. The maximum atomic E-state index is 9.41. The average molecular weight is 340 g/mol. The van der Waals surface area contributed by atoms with Crippen LogP contribution in [0.4, 0.5) is 5.82 Å². The van der Waals surface area contributed by atoms with Crippen molar-refractivity contribution in [2.45, 2.75) is 13.5 Å². The lowest BCUT2D eigenvalue weighted by Gasteiger charge is -2.10. The summed E-state index contributed by atoms with van der Waals surface area (Å²) in [5, 5.41) is 13.6. The largest absolute Gasteiger partial charge is 0.497 e. The SMILES string of the molecule is COCc1cc(C)nc(N/N=C/c2cc(OC)ccc2OC)c1C#N. The van der Waals surface area contributed by atoms with Crippen molar-refractivity contribution < 1.29 is 14.2 Å². The van der Waals surface area contributed by atoms with Crippen LogP contribution in [0.25, 0.3) is 0 Å². The number of hydrazone groups is 1. The molecule has 0 unspecified atom stereocenters. The molecular formula is C18H20N4O3. The molecular weight excluding hydrogens is 320 g/mol. The number of nitrogens with one attached hydrogen (secondary N) is 1. The van der Waals surface area contributed by atoms with Crippen molar-refractivity contribution in [3.05, 3.63) is 46.6 Å². The molecule has 0 saturated carbocycles. The zero-order valence-electron chi connectivity index (χ0n) is 14.7. The fourth-order valence-corrected chi connectivity index (χ4v) is 2.32. The highest BCUT2D eigenvalue weighted by atomic mass is 16.5. The molecule has 7 heteroatoms. The highest BCUT2D eigenvalue weighted by molar-refractivity contribution is 5.84. The Hall–Kier alpha value is -3.11. The predicted octanol–water partition coefficient (Wildman–Crippen LogP) is 2.87. The molecule has 0 aliphatic heterocycles. The van der Waals surface area contributed by atoms with Crippen LogP contribution >= 0.6 is 0 Å². The van der Waals surface area contributed by atoms with E-state index in [2.05, 4.69) is 21.6 Å². The molecule has 0 fully saturated rings. The molecule has 7 nitrogen and oxygen atoms in total. The van der Waals surface area contributed by atoms with Crippen LogP contribution in [0.15, 0.2) is 29.4 Å². The first kappa shape index (κ1) is 18.2. The van der Waals surface area contributed by atoms with Crippen LogP contribution in [0.3, 0.4) is 0 Å². The lowest BCUT2D eigenvalue weighted by molar-refractivity contribution is 0.184. The molecule has 2 aromatic rings. The topological polar surface area (TPSA) is 88.8 Å². The lowest BCUT2D eigenvalue weighted by Crippen LogP contribution is -2.03. The van der Waals surface area contributed by atoms with E-state index in [1.54, 1.807) is 45.7 Å². The number of methoxy groups -OCH3 is 3. The van der Waals surface area contributed by atoms with E-state index in [4.69, 9.17) is 14.2 Å². The molecule has 1 heterocycles. The summed E-state index contributed by atoms with van der Waals surface area (Å²) in [6.07, 6.45) is 1.59. The molecule has 0 amide bonds. The summed E-state index contributed by atoms with van der Waals surface area (Å²) >= 11 is 0. The Balaban J connectivity index is 2.30. The number of nitrogens with zero attached hydrogens (tertiary/aromatic N) is 3. The Bertz CT molecular complexity index is 813. The third-order valence-corrected chi connectivity index (χ3v) is 3.45. The second kappa shape index (κ2) is 8.66. The number of hydrogen-bond donors (Lipinski definition) is 1. The van der Waals surface area contributed by atoms with Gasteiger partial charge in [0.15, 0.2) is 5.82 Å². The van der Waals surface area contributed by atoms with Gasteiger partial charge < -0.3 is 14.2 Å². The van der Waals surface area contributed by atoms with E-state index in [9.17, 15) is 5.26 Å². The van der Waals surface area contributed by atoms with Gasteiger partial charge in [0, 0.05) is 23.9 Å². The van der Waals surface area contributed by atoms with Gasteiger partial charge in [-0.25, -0.2) is 4.98 Å². The summed E-state index contributed by atoms with van der Waals surface area (Å²) in [5.41, 5.74) is 5.49. The summed E-state index contributed by atoms with van der Waals surface area (Å²) in [6, 6.07) is 9.36. The number of aromatic nitrogens is 1. The lowest BCUT2D eigenvalue weighted by atomic mass is 10.1. The molecule has 25 heavy (non-hydrogen) atoms. The first-order valence-corrected chi connectivity index (χ1v) is 7.53. The van der Waals surface area contributed by atoms with Crippen LogP contribution < -0.4 is 14.9 Å². The van der Waals surface area contributed by atoms with Crippen molar-refractivity contribution in [2.75, 3.05) is 26.8 Å². The van der Waals surface area contributed by atoms with Gasteiger partial charge in [-0.2, -0.15) is 10.4 Å². The van der Waals surface area contributed by atoms with E-state index in [-0.39, 0.29) is 0 Å². The Morgan fingerprint density at radius 2 is 2.04 bits per heavy atom. The minimum Gasteiger partial charge on any atom is -0.497 e. The van der Waals surface area contributed by atoms with Crippen molar-refractivity contribution in [1.29, 1.82) is 5.26 Å². The average Bonchev–Trinajstić information content (AvgIpc) is 2.61. The summed E-state index contributed by atoms with van der Waals surface area (Å²) in [5.74, 6) is 1.73. The van der Waals surface area contributed by atoms with Crippen LogP contribution in [0, 0.1) is 18.3 Å². The molecule has 0 atom stereocenters. The molecule has 1 aromatic carbocycles. The molecule has 130 valence electrons. The standard InChI is InChI=1S/C18H20N4O3/c1-12-7-14(11-23-2)16(9-19)18(21-12)22-20-10-13-8-15(24-3)5-6-17(13)25-4/h5-8,10H,11H2,1-4H3,(H,21,22)/b20-10+. The summed E-state index contributed by atoms with van der Waals surface area (Å²) < 4.78 is 15.6. The van der Waals surface area contributed by atoms with Crippen molar-refractivity contribution in [2.24, 2.45) is 5.10 Å². The second-order valence-corrected chi connectivity index (χ2v) is 5.17. The van der Waals surface area contributed by atoms with Gasteiger partial charge in [0.2, 0.25) is 0 Å². The monoisotopic (exact) mass is 340 g/mol. The summed E-state index contributed by atoms with van der Waals surface area (Å²) in [7, 11) is 4.75. The first-order valence-electron chi connectivity index (χ1n) is 7.53. The molecule has 1 N–H and O–H groups in total. The van der Waals surface area contributed by atoms with Crippen LogP contribution in [0.2, 0.25) is 0 Å². The number of rotatable bonds is 7. The van der Waals surface area contributed by atoms with Gasteiger partial charge in [0.1, 0.15) is 23.1 Å². The van der Waals surface area contributed by atoms with E-state index in [0.717, 1.165) is 16.8 Å². The van der Waals surface area contributed by atoms with Crippen molar-refractivity contribution >= 4 is 12.0 Å². The number of hydrogen-bond acceptors (Lipinski definition) is 7. The fraction of sp³-hybridized carbons (Fsp3) is 0.278. The fourth-order valence-electron chi connectivity index (χ4n) is 2.32. The van der Waals surface area contributed by atoms with Crippen LogP contribution in [-0.2, 0) is 11.3 Å². The zero-order valence-corrected chi connectivity index (χ0v) is 14.7. The van der Waals surface area contributed by atoms with Gasteiger partial charge in [0.05, 0.1) is 27.0 Å². The van der Waals surface area contributed by atoms with Gasteiger partial charge in [-0.15, -0.1) is 0 Å². The quantitative estimate of drug-likeness (QED) is 0.616. The van der Waals surface area contributed by atoms with Gasteiger partial charge >= 0.3 is 0 Å². The van der Waals surface area contributed by atoms with Crippen LogP contribution in [-0.4, -0.2) is 32.5 Å². The van der Waals surface area contributed by atoms with Gasteiger partial charge in [-0.05, 0) is 31.2 Å². The van der Waals surface area contributed by atoms with Crippen LogP contribution in [0.1, 0.15) is 22.4 Å². The molecule has 0 radical (unpaired) electrons. The molecule has 0 aliphatic carbocycles. The molecule has 1 aromatic heterocycles. The Kier molecular flexibility index (Phi) is 6.32. The van der Waals surface area contributed by atoms with Gasteiger partial charge in [-0.3, -0.25) is 5.43 Å². The van der Waals surface area contributed by atoms with E-state index in [0.29, 0.717) is 29.5 Å². The normalized spacial score (nSPS) is 10.5. The Labute approximate surface area is 146 Å². The minimum atomic E-state index is 0.328.